The fourth-order valence-electron chi connectivity index (χ4n) is 1.92. The molecule has 0 aliphatic carbocycles. The molecule has 6 N–H and O–H groups in total. The molecule has 8 heteroatoms. The molecule has 0 aliphatic rings. The first-order chi connectivity index (χ1) is 11.3. The highest BCUT2D eigenvalue weighted by molar-refractivity contribution is 5.99. The SMILES string of the molecule is NC(Cc1ccc(O)cc1)C(=O)OC(=O)c1cc(O)c(O)c(O)c1. The molecule has 2 aromatic rings. The highest BCUT2D eigenvalue weighted by atomic mass is 16.6. The zero-order valence-corrected chi connectivity index (χ0v) is 12.3. The molecule has 0 radical (unpaired) electrons. The molecule has 0 aliphatic heterocycles. The molecule has 0 saturated heterocycles. The van der Waals surface area contributed by atoms with Gasteiger partial charge in [-0.2, -0.15) is 0 Å². The molecule has 126 valence electrons. The standard InChI is InChI=1S/C16H15NO7/c17-11(5-8-1-3-10(18)4-2-8)16(23)24-15(22)9-6-12(19)14(21)13(20)7-9/h1-4,6-7,11,18-21H,5,17H2. The summed E-state index contributed by atoms with van der Waals surface area (Å²) in [7, 11) is 0. The topological polar surface area (TPSA) is 150 Å². The Morgan fingerprint density at radius 1 is 1.00 bits per heavy atom. The van der Waals surface area contributed by atoms with Crippen molar-refractivity contribution >= 4 is 11.9 Å². The fraction of sp³-hybridized carbons (Fsp3) is 0.125. The average Bonchev–Trinajstić information content (AvgIpc) is 2.54. The van der Waals surface area contributed by atoms with E-state index < -0.39 is 35.2 Å². The summed E-state index contributed by atoms with van der Waals surface area (Å²) in [5, 5.41) is 37.1. The summed E-state index contributed by atoms with van der Waals surface area (Å²) in [6.45, 7) is 0. The van der Waals surface area contributed by atoms with Crippen LogP contribution in [0.2, 0.25) is 0 Å². The maximum Gasteiger partial charge on any atom is 0.346 e. The minimum atomic E-state index is -1.13. The lowest BCUT2D eigenvalue weighted by Crippen LogP contribution is -2.35. The monoisotopic (exact) mass is 333 g/mol. The summed E-state index contributed by atoms with van der Waals surface area (Å²) >= 11 is 0. The third kappa shape index (κ3) is 3.93. The molecular weight excluding hydrogens is 318 g/mol. The fourth-order valence-corrected chi connectivity index (χ4v) is 1.92. The number of carbonyl (C=O) groups is 2. The van der Waals surface area contributed by atoms with Gasteiger partial charge in [0.2, 0.25) is 0 Å². The molecule has 1 unspecified atom stereocenters. The highest BCUT2D eigenvalue weighted by Gasteiger charge is 2.22. The molecule has 0 bridgehead atoms. The first-order valence-corrected chi connectivity index (χ1v) is 6.82. The minimum absolute atomic E-state index is 0.0667. The van der Waals surface area contributed by atoms with E-state index in [1.54, 1.807) is 12.1 Å². The highest BCUT2D eigenvalue weighted by Crippen LogP contribution is 2.35. The van der Waals surface area contributed by atoms with Crippen LogP contribution in [0.15, 0.2) is 36.4 Å². The number of nitrogens with two attached hydrogens (primary N) is 1. The Kier molecular flexibility index (Phi) is 4.90. The molecule has 0 fully saturated rings. The quantitative estimate of drug-likeness (QED) is 0.312. The summed E-state index contributed by atoms with van der Waals surface area (Å²) in [5.74, 6) is -4.32. The maximum absolute atomic E-state index is 11.8. The third-order valence-corrected chi connectivity index (χ3v) is 3.19. The van der Waals surface area contributed by atoms with Crippen LogP contribution in [0.25, 0.3) is 0 Å². The van der Waals surface area contributed by atoms with Crippen molar-refractivity contribution in [3.63, 3.8) is 0 Å². The van der Waals surface area contributed by atoms with Crippen molar-refractivity contribution in [1.82, 2.24) is 0 Å². The second kappa shape index (κ2) is 6.88. The van der Waals surface area contributed by atoms with Crippen LogP contribution < -0.4 is 5.73 Å². The lowest BCUT2D eigenvalue weighted by Gasteiger charge is -2.11. The summed E-state index contributed by atoms with van der Waals surface area (Å²) in [5.41, 5.74) is 6.00. The van der Waals surface area contributed by atoms with Crippen molar-refractivity contribution in [3.8, 4) is 23.0 Å². The Bertz CT molecular complexity index is 747. The number of phenolic OH excluding ortho intramolecular Hbond substituents is 4. The summed E-state index contributed by atoms with van der Waals surface area (Å²) in [4.78, 5) is 23.7. The number of esters is 2. The van der Waals surface area contributed by atoms with Crippen LogP contribution in [0.5, 0.6) is 23.0 Å². The van der Waals surface area contributed by atoms with Gasteiger partial charge in [0.1, 0.15) is 11.8 Å². The van der Waals surface area contributed by atoms with Gasteiger partial charge in [-0.3, -0.25) is 0 Å². The Morgan fingerprint density at radius 3 is 2.08 bits per heavy atom. The number of rotatable bonds is 4. The van der Waals surface area contributed by atoms with E-state index in [0.717, 1.165) is 12.1 Å². The van der Waals surface area contributed by atoms with Gasteiger partial charge in [-0.15, -0.1) is 0 Å². The van der Waals surface area contributed by atoms with E-state index in [9.17, 15) is 30.0 Å². The van der Waals surface area contributed by atoms with E-state index in [1.165, 1.54) is 12.1 Å². The molecule has 0 amide bonds. The van der Waals surface area contributed by atoms with Crippen molar-refractivity contribution in [2.24, 2.45) is 5.73 Å². The van der Waals surface area contributed by atoms with E-state index >= 15 is 0 Å². The molecular formula is C16H15NO7. The number of carbonyl (C=O) groups excluding carboxylic acids is 2. The van der Waals surface area contributed by atoms with Crippen LogP contribution in [0.1, 0.15) is 15.9 Å². The first-order valence-electron chi connectivity index (χ1n) is 6.82. The van der Waals surface area contributed by atoms with Crippen LogP contribution in [-0.4, -0.2) is 38.4 Å². The molecule has 0 spiro atoms. The van der Waals surface area contributed by atoms with Crippen LogP contribution in [-0.2, 0) is 16.0 Å². The zero-order valence-electron chi connectivity index (χ0n) is 12.3. The number of phenols is 4. The number of benzene rings is 2. The molecule has 24 heavy (non-hydrogen) atoms. The molecule has 2 aromatic carbocycles. The minimum Gasteiger partial charge on any atom is -0.508 e. The second-order valence-corrected chi connectivity index (χ2v) is 5.05. The largest absolute Gasteiger partial charge is 0.508 e. The molecule has 0 heterocycles. The van der Waals surface area contributed by atoms with Gasteiger partial charge in [-0.05, 0) is 36.2 Å². The van der Waals surface area contributed by atoms with Gasteiger partial charge in [-0.1, -0.05) is 12.1 Å². The summed E-state index contributed by atoms with van der Waals surface area (Å²) in [6.07, 6.45) is 0.0818. The first kappa shape index (κ1) is 17.1. The van der Waals surface area contributed by atoms with Gasteiger partial charge in [0, 0.05) is 0 Å². The van der Waals surface area contributed by atoms with Crippen molar-refractivity contribution in [2.75, 3.05) is 0 Å². The Morgan fingerprint density at radius 2 is 1.54 bits per heavy atom. The zero-order chi connectivity index (χ0) is 17.9. The van der Waals surface area contributed by atoms with Gasteiger partial charge < -0.3 is 30.9 Å². The predicted molar refractivity (Wildman–Crippen MR) is 81.6 cm³/mol. The lowest BCUT2D eigenvalue weighted by molar-refractivity contribution is -0.139. The molecule has 8 nitrogen and oxygen atoms in total. The van der Waals surface area contributed by atoms with Gasteiger partial charge in [-0.25, -0.2) is 9.59 Å². The Balaban J connectivity index is 2.03. The van der Waals surface area contributed by atoms with E-state index in [-0.39, 0.29) is 17.7 Å². The average molecular weight is 333 g/mol. The smallest absolute Gasteiger partial charge is 0.346 e. The van der Waals surface area contributed by atoms with Crippen molar-refractivity contribution in [1.29, 1.82) is 0 Å². The van der Waals surface area contributed by atoms with Crippen molar-refractivity contribution in [2.45, 2.75) is 12.5 Å². The van der Waals surface area contributed by atoms with E-state index in [4.69, 9.17) is 5.73 Å². The van der Waals surface area contributed by atoms with Crippen LogP contribution in [0, 0.1) is 0 Å². The number of aromatic hydroxyl groups is 4. The van der Waals surface area contributed by atoms with Gasteiger partial charge >= 0.3 is 11.9 Å². The predicted octanol–water partition coefficient (Wildman–Crippen LogP) is 0.762. The lowest BCUT2D eigenvalue weighted by atomic mass is 10.1. The van der Waals surface area contributed by atoms with E-state index in [2.05, 4.69) is 4.74 Å². The van der Waals surface area contributed by atoms with Crippen molar-refractivity contribution < 1.29 is 34.8 Å². The van der Waals surface area contributed by atoms with Gasteiger partial charge in [0.05, 0.1) is 5.56 Å². The second-order valence-electron chi connectivity index (χ2n) is 5.05. The molecule has 0 aromatic heterocycles. The summed E-state index contributed by atoms with van der Waals surface area (Å²) < 4.78 is 4.59. The molecule has 1 atom stereocenters. The van der Waals surface area contributed by atoms with E-state index in [1.807, 2.05) is 0 Å². The van der Waals surface area contributed by atoms with Crippen LogP contribution >= 0.6 is 0 Å². The number of ether oxygens (including phenoxy) is 1. The Labute approximate surface area is 136 Å². The van der Waals surface area contributed by atoms with Crippen LogP contribution in [0.4, 0.5) is 0 Å². The Hall–Kier alpha value is -3.26. The maximum atomic E-state index is 11.8. The summed E-state index contributed by atoms with van der Waals surface area (Å²) in [6, 6.07) is 6.56. The van der Waals surface area contributed by atoms with Gasteiger partial charge in [0.15, 0.2) is 17.2 Å². The van der Waals surface area contributed by atoms with Crippen LogP contribution in [0.3, 0.4) is 0 Å². The van der Waals surface area contributed by atoms with Crippen molar-refractivity contribution in [3.05, 3.63) is 47.5 Å². The number of hydrogen-bond donors (Lipinski definition) is 5. The van der Waals surface area contributed by atoms with E-state index in [0.29, 0.717) is 5.56 Å². The third-order valence-electron chi connectivity index (χ3n) is 3.19. The number of hydrogen-bond acceptors (Lipinski definition) is 8. The molecule has 2 rings (SSSR count). The molecule has 0 saturated carbocycles. The normalized spacial score (nSPS) is 11.7. The van der Waals surface area contributed by atoms with Gasteiger partial charge in [0.25, 0.3) is 0 Å².